The van der Waals surface area contributed by atoms with Crippen molar-refractivity contribution in [3.05, 3.63) is 96.1 Å². The Balaban J connectivity index is 2.03. The van der Waals surface area contributed by atoms with Crippen LogP contribution < -0.4 is 0 Å². The minimum atomic E-state index is -0.279. The fourth-order valence-electron chi connectivity index (χ4n) is 10.8. The van der Waals surface area contributed by atoms with Crippen molar-refractivity contribution in [1.29, 1.82) is 0 Å². The van der Waals surface area contributed by atoms with E-state index in [1.165, 1.54) is 32.7 Å². The quantitative estimate of drug-likeness (QED) is 0.0621. The average Bonchev–Trinajstić information content (AvgIpc) is 3.19. The van der Waals surface area contributed by atoms with Crippen LogP contribution in [0.4, 0.5) is 0 Å². The Morgan fingerprint density at radius 1 is 0.393 bits per heavy atom. The molecule has 0 heterocycles. The fraction of sp³-hybridized carbons (Fsp3) is 0.625. The van der Waals surface area contributed by atoms with Crippen LogP contribution in [0.1, 0.15) is 148 Å². The number of nitrogens with zero attached hydrogens (tertiary/aromatic N) is 5. The Morgan fingerprint density at radius 3 is 1.08 bits per heavy atom. The number of rotatable bonds is 25. The molecule has 4 aromatic rings. The van der Waals surface area contributed by atoms with Gasteiger partial charge in [-0.2, -0.15) is 0 Å². The van der Waals surface area contributed by atoms with Gasteiger partial charge in [-0.15, -0.1) is 0 Å². The Labute approximate surface area is 375 Å². The normalized spacial score (nSPS) is 13.6. The third kappa shape index (κ3) is 13.0. The lowest BCUT2D eigenvalue weighted by Crippen LogP contribution is -2.46. The van der Waals surface area contributed by atoms with Gasteiger partial charge >= 0.3 is 0 Å². The SMILES string of the molecule is CC(C)N(CCC(C=NCC(CCN(C(C)C)C(C)C)(CCN(C(C)C)C(C)C)c1cccc2ccccc12)(CCN(C(C)C)C(C)C)c1cccc2ccccc12)C(C)C. The first-order valence-corrected chi connectivity index (χ1v) is 24.3. The van der Waals surface area contributed by atoms with Crippen LogP contribution in [0.2, 0.25) is 0 Å². The van der Waals surface area contributed by atoms with Crippen molar-refractivity contribution < 1.29 is 0 Å². The summed E-state index contributed by atoms with van der Waals surface area (Å²) in [6.07, 6.45) is 6.60. The van der Waals surface area contributed by atoms with E-state index in [9.17, 15) is 0 Å². The molecular weight excluding hydrogens is 743 g/mol. The highest BCUT2D eigenvalue weighted by atomic mass is 15.2. The van der Waals surface area contributed by atoms with Crippen LogP contribution in [-0.4, -0.2) is 107 Å². The zero-order valence-electron chi connectivity index (χ0n) is 41.9. The van der Waals surface area contributed by atoms with E-state index in [2.05, 4.69) is 222 Å². The first kappa shape index (κ1) is 50.6. The summed E-state index contributed by atoms with van der Waals surface area (Å²) in [5.41, 5.74) is 2.41. The maximum Gasteiger partial charge on any atom is 0.0483 e. The molecule has 0 radical (unpaired) electrons. The van der Waals surface area contributed by atoms with Crippen molar-refractivity contribution in [1.82, 2.24) is 19.6 Å². The van der Waals surface area contributed by atoms with Gasteiger partial charge in [0, 0.05) is 71.9 Å². The van der Waals surface area contributed by atoms with Gasteiger partial charge in [-0.05, 0) is 195 Å². The predicted octanol–water partition coefficient (Wildman–Crippen LogP) is 13.3. The smallest absolute Gasteiger partial charge is 0.0483 e. The number of hydrogen-bond donors (Lipinski definition) is 0. The van der Waals surface area contributed by atoms with E-state index in [1.807, 2.05) is 0 Å². The van der Waals surface area contributed by atoms with Crippen molar-refractivity contribution in [3.63, 3.8) is 0 Å². The van der Waals surface area contributed by atoms with Crippen LogP contribution in [0.5, 0.6) is 0 Å². The van der Waals surface area contributed by atoms with Gasteiger partial charge < -0.3 is 0 Å². The molecule has 0 unspecified atom stereocenters. The molecule has 0 bridgehead atoms. The van der Waals surface area contributed by atoms with Gasteiger partial charge in [0.05, 0.1) is 0 Å². The van der Waals surface area contributed by atoms with Crippen molar-refractivity contribution in [2.75, 3.05) is 32.7 Å². The van der Waals surface area contributed by atoms with E-state index < -0.39 is 0 Å². The summed E-state index contributed by atoms with van der Waals surface area (Å²) < 4.78 is 0. The maximum absolute atomic E-state index is 5.95. The van der Waals surface area contributed by atoms with Gasteiger partial charge in [-0.1, -0.05) is 84.9 Å². The Morgan fingerprint density at radius 2 is 0.705 bits per heavy atom. The molecule has 0 aliphatic heterocycles. The molecular formula is C56H89N5. The van der Waals surface area contributed by atoms with E-state index in [-0.39, 0.29) is 10.8 Å². The van der Waals surface area contributed by atoms with Gasteiger partial charge in [0.2, 0.25) is 0 Å². The summed E-state index contributed by atoms with van der Waals surface area (Å²) in [7, 11) is 0. The molecule has 338 valence electrons. The summed E-state index contributed by atoms with van der Waals surface area (Å²) in [4.78, 5) is 16.7. The van der Waals surface area contributed by atoms with Crippen LogP contribution >= 0.6 is 0 Å². The number of aliphatic imine (C=N–C) groups is 1. The molecule has 0 amide bonds. The zero-order valence-corrected chi connectivity index (χ0v) is 41.9. The number of fused-ring (bicyclic) bond motifs is 2. The summed E-state index contributed by atoms with van der Waals surface area (Å²) in [6.45, 7) is 42.7. The van der Waals surface area contributed by atoms with Gasteiger partial charge in [0.25, 0.3) is 0 Å². The van der Waals surface area contributed by atoms with Crippen LogP contribution in [0.3, 0.4) is 0 Å². The van der Waals surface area contributed by atoms with E-state index in [4.69, 9.17) is 4.99 Å². The first-order chi connectivity index (χ1) is 28.8. The standard InChI is InChI=1S/C56H89N5/c1-41(2)58(42(3)4)35-31-55(32-36-59(43(5)6)44(7)8,53-29-21-25-49-23-17-19-27-51(49)53)39-57-40-56(33-37-60(45(9)10)46(11)12,34-38-61(47(13)14)48(15)16)54-30-22-26-50-24-18-20-28-52(50)54/h17-30,39,41-48H,31-38,40H2,1-16H3. The third-order valence-corrected chi connectivity index (χ3v) is 14.1. The highest BCUT2D eigenvalue weighted by Crippen LogP contribution is 2.41. The monoisotopic (exact) mass is 832 g/mol. The van der Waals surface area contributed by atoms with E-state index in [0.29, 0.717) is 48.3 Å². The van der Waals surface area contributed by atoms with Crippen molar-refractivity contribution in [2.45, 2.75) is 196 Å². The maximum atomic E-state index is 5.95. The second-order valence-corrected chi connectivity index (χ2v) is 20.7. The highest BCUT2D eigenvalue weighted by Gasteiger charge is 2.38. The molecule has 0 atom stereocenters. The molecule has 0 aromatic heterocycles. The lowest BCUT2D eigenvalue weighted by atomic mass is 9.71. The summed E-state index contributed by atoms with van der Waals surface area (Å²) >= 11 is 0. The Bertz CT molecular complexity index is 1830. The van der Waals surface area contributed by atoms with Gasteiger partial charge in [0.15, 0.2) is 0 Å². The predicted molar refractivity (Wildman–Crippen MR) is 271 cm³/mol. The molecule has 5 heteroatoms. The molecule has 0 saturated carbocycles. The zero-order chi connectivity index (χ0) is 45.1. The highest BCUT2D eigenvalue weighted by molar-refractivity contribution is 5.91. The number of hydrogen-bond acceptors (Lipinski definition) is 5. The fourth-order valence-corrected chi connectivity index (χ4v) is 10.8. The Kier molecular flexibility index (Phi) is 19.1. The second-order valence-electron chi connectivity index (χ2n) is 20.7. The van der Waals surface area contributed by atoms with Gasteiger partial charge in [0.1, 0.15) is 0 Å². The molecule has 0 spiro atoms. The van der Waals surface area contributed by atoms with Crippen molar-refractivity contribution in [2.24, 2.45) is 4.99 Å². The molecule has 4 aromatic carbocycles. The van der Waals surface area contributed by atoms with Crippen LogP contribution in [0.15, 0.2) is 89.9 Å². The van der Waals surface area contributed by atoms with E-state index >= 15 is 0 Å². The first-order valence-electron chi connectivity index (χ1n) is 24.3. The Hall–Kier alpha value is -3.09. The summed E-state index contributed by atoms with van der Waals surface area (Å²) in [5.74, 6) is 0. The largest absolute Gasteiger partial charge is 0.299 e. The molecule has 0 N–H and O–H groups in total. The van der Waals surface area contributed by atoms with Crippen molar-refractivity contribution >= 4 is 27.8 Å². The van der Waals surface area contributed by atoms with E-state index in [1.54, 1.807) is 0 Å². The number of benzene rings is 4. The molecule has 0 aliphatic carbocycles. The third-order valence-electron chi connectivity index (χ3n) is 14.1. The lowest BCUT2D eigenvalue weighted by molar-refractivity contribution is 0.133. The molecule has 0 fully saturated rings. The lowest BCUT2D eigenvalue weighted by Gasteiger charge is -2.42. The second kappa shape index (κ2) is 23.0. The minimum Gasteiger partial charge on any atom is -0.299 e. The molecule has 4 rings (SSSR count). The average molecular weight is 832 g/mol. The van der Waals surface area contributed by atoms with Crippen LogP contribution in [0, 0.1) is 0 Å². The summed E-state index contributed by atoms with van der Waals surface area (Å²) in [6, 6.07) is 35.9. The minimum absolute atomic E-state index is 0.185. The van der Waals surface area contributed by atoms with Gasteiger partial charge in [-0.3, -0.25) is 24.6 Å². The topological polar surface area (TPSA) is 25.3 Å². The van der Waals surface area contributed by atoms with Gasteiger partial charge in [-0.25, -0.2) is 0 Å². The molecule has 5 nitrogen and oxygen atoms in total. The molecule has 0 saturated heterocycles. The molecule has 0 aliphatic rings. The molecule has 61 heavy (non-hydrogen) atoms. The van der Waals surface area contributed by atoms with Crippen molar-refractivity contribution in [3.8, 4) is 0 Å². The van der Waals surface area contributed by atoms with Crippen LogP contribution in [-0.2, 0) is 10.8 Å². The van der Waals surface area contributed by atoms with Crippen LogP contribution in [0.25, 0.3) is 21.5 Å². The van der Waals surface area contributed by atoms with E-state index in [0.717, 1.165) is 58.4 Å². The summed E-state index contributed by atoms with van der Waals surface area (Å²) in [5, 5.41) is 5.35.